The number of hydrogen-bond donors (Lipinski definition) is 1. The Hall–Kier alpha value is -0.0800. The van der Waals surface area contributed by atoms with E-state index in [2.05, 4.69) is 44.8 Å². The van der Waals surface area contributed by atoms with Crippen LogP contribution >= 0.6 is 0 Å². The van der Waals surface area contributed by atoms with Gasteiger partial charge < -0.3 is 5.32 Å². The normalized spacial score (nSPS) is 23.8. The van der Waals surface area contributed by atoms with Crippen LogP contribution in [0.3, 0.4) is 0 Å². The molecule has 0 aromatic carbocycles. The third kappa shape index (κ3) is 6.19. The number of likely N-dealkylation sites (tertiary alicyclic amines) is 1. The molecule has 1 fully saturated rings. The van der Waals surface area contributed by atoms with Crippen LogP contribution in [0.15, 0.2) is 0 Å². The van der Waals surface area contributed by atoms with Gasteiger partial charge in [0.05, 0.1) is 0 Å². The molecule has 2 nitrogen and oxygen atoms in total. The van der Waals surface area contributed by atoms with Crippen molar-refractivity contribution in [1.29, 1.82) is 0 Å². The first-order chi connectivity index (χ1) is 8.49. The van der Waals surface area contributed by atoms with Gasteiger partial charge in [0.15, 0.2) is 0 Å². The van der Waals surface area contributed by atoms with Crippen LogP contribution in [-0.4, -0.2) is 36.1 Å². The Morgan fingerprint density at radius 3 is 2.44 bits per heavy atom. The highest BCUT2D eigenvalue weighted by molar-refractivity contribution is 4.82. The monoisotopic (exact) mass is 254 g/mol. The molecule has 0 spiro atoms. The first-order valence-corrected chi connectivity index (χ1v) is 7.99. The lowest BCUT2D eigenvalue weighted by atomic mass is 9.99. The summed E-state index contributed by atoms with van der Waals surface area (Å²) in [5.74, 6) is 0.855. The maximum absolute atomic E-state index is 3.70. The second kappa shape index (κ2) is 8.16. The molecule has 0 amide bonds. The van der Waals surface area contributed by atoms with Crippen molar-refractivity contribution in [3.63, 3.8) is 0 Å². The van der Waals surface area contributed by atoms with Crippen molar-refractivity contribution in [2.45, 2.75) is 84.8 Å². The van der Waals surface area contributed by atoms with Gasteiger partial charge in [0.25, 0.3) is 0 Å². The molecule has 1 aliphatic heterocycles. The summed E-state index contributed by atoms with van der Waals surface area (Å²) in [5, 5.41) is 3.70. The van der Waals surface area contributed by atoms with Crippen molar-refractivity contribution in [1.82, 2.24) is 10.2 Å². The van der Waals surface area contributed by atoms with Gasteiger partial charge in [-0.3, -0.25) is 4.90 Å². The smallest absolute Gasteiger partial charge is 0.0197 e. The topological polar surface area (TPSA) is 15.3 Å². The Bertz CT molecular complexity index is 213. The number of nitrogens with one attached hydrogen (secondary N) is 1. The van der Waals surface area contributed by atoms with Gasteiger partial charge in [0.2, 0.25) is 0 Å². The van der Waals surface area contributed by atoms with Gasteiger partial charge in [0.1, 0.15) is 0 Å². The van der Waals surface area contributed by atoms with Gasteiger partial charge in [-0.15, -0.1) is 0 Å². The first kappa shape index (κ1) is 16.0. The molecule has 2 atom stereocenters. The minimum atomic E-state index is 0.617. The number of nitrogens with zero attached hydrogens (tertiary/aromatic N) is 1. The Morgan fingerprint density at radius 1 is 1.11 bits per heavy atom. The van der Waals surface area contributed by atoms with Crippen molar-refractivity contribution in [3.8, 4) is 0 Å². The summed E-state index contributed by atoms with van der Waals surface area (Å²) in [6, 6.07) is 2.10. The maximum atomic E-state index is 3.70. The average Bonchev–Trinajstić information content (AvgIpc) is 2.27. The lowest BCUT2D eigenvalue weighted by Gasteiger charge is -2.38. The van der Waals surface area contributed by atoms with Crippen molar-refractivity contribution in [3.05, 3.63) is 0 Å². The van der Waals surface area contributed by atoms with E-state index in [1.54, 1.807) is 0 Å². The van der Waals surface area contributed by atoms with Gasteiger partial charge in [-0.05, 0) is 38.6 Å². The third-order valence-electron chi connectivity index (χ3n) is 4.05. The molecule has 2 heteroatoms. The molecule has 0 radical (unpaired) electrons. The third-order valence-corrected chi connectivity index (χ3v) is 4.05. The molecule has 1 saturated heterocycles. The summed E-state index contributed by atoms with van der Waals surface area (Å²) >= 11 is 0. The molecule has 2 unspecified atom stereocenters. The van der Waals surface area contributed by atoms with Gasteiger partial charge in [-0.1, -0.05) is 40.5 Å². The molecule has 1 N–H and O–H groups in total. The minimum Gasteiger partial charge on any atom is -0.311 e. The summed E-state index contributed by atoms with van der Waals surface area (Å²) in [6.07, 6.45) is 6.85. The number of rotatable bonds is 7. The average molecular weight is 254 g/mol. The van der Waals surface area contributed by atoms with Crippen LogP contribution in [-0.2, 0) is 0 Å². The molecule has 108 valence electrons. The molecule has 0 aromatic heterocycles. The predicted octanol–water partition coefficient (Wildman–Crippen LogP) is 3.66. The Kier molecular flexibility index (Phi) is 7.25. The van der Waals surface area contributed by atoms with E-state index in [-0.39, 0.29) is 0 Å². The van der Waals surface area contributed by atoms with Crippen molar-refractivity contribution >= 4 is 0 Å². The summed E-state index contributed by atoms with van der Waals surface area (Å²) < 4.78 is 0. The molecule has 1 heterocycles. The zero-order valence-corrected chi connectivity index (χ0v) is 13.2. The fourth-order valence-electron chi connectivity index (χ4n) is 3.02. The fraction of sp³-hybridized carbons (Fsp3) is 1.00. The summed E-state index contributed by atoms with van der Waals surface area (Å²) in [4.78, 5) is 2.70. The van der Waals surface area contributed by atoms with E-state index in [4.69, 9.17) is 0 Å². The Balaban J connectivity index is 2.27. The molecule has 0 aromatic rings. The predicted molar refractivity (Wildman–Crippen MR) is 81.0 cm³/mol. The zero-order valence-electron chi connectivity index (χ0n) is 13.2. The standard InChI is InChI=1S/C16H34N2/c1-13(2)8-6-9-15(5)18-11-7-10-16(12-18)17-14(3)4/h13-17H,6-12H2,1-5H3. The van der Waals surface area contributed by atoms with Crippen LogP contribution < -0.4 is 5.32 Å². The second-order valence-corrected chi connectivity index (χ2v) is 6.83. The van der Waals surface area contributed by atoms with E-state index in [0.717, 1.165) is 12.0 Å². The molecular formula is C16H34N2. The van der Waals surface area contributed by atoms with Gasteiger partial charge >= 0.3 is 0 Å². The highest BCUT2D eigenvalue weighted by Crippen LogP contribution is 2.18. The van der Waals surface area contributed by atoms with Crippen molar-refractivity contribution < 1.29 is 0 Å². The lowest BCUT2D eigenvalue weighted by Crippen LogP contribution is -2.50. The molecule has 18 heavy (non-hydrogen) atoms. The fourth-order valence-corrected chi connectivity index (χ4v) is 3.02. The molecule has 0 aliphatic carbocycles. The van der Waals surface area contributed by atoms with Crippen LogP contribution in [0.5, 0.6) is 0 Å². The van der Waals surface area contributed by atoms with Crippen molar-refractivity contribution in [2.24, 2.45) is 5.92 Å². The molecule has 0 bridgehead atoms. The van der Waals surface area contributed by atoms with Crippen LogP contribution in [0.1, 0.15) is 66.7 Å². The van der Waals surface area contributed by atoms with Gasteiger partial charge in [-0.2, -0.15) is 0 Å². The molecule has 1 rings (SSSR count). The lowest BCUT2D eigenvalue weighted by molar-refractivity contribution is 0.134. The van der Waals surface area contributed by atoms with E-state index in [0.29, 0.717) is 12.1 Å². The molecular weight excluding hydrogens is 220 g/mol. The Morgan fingerprint density at radius 2 is 1.83 bits per heavy atom. The van der Waals surface area contributed by atoms with E-state index in [1.807, 2.05) is 0 Å². The number of piperidine rings is 1. The van der Waals surface area contributed by atoms with Crippen LogP contribution in [0.25, 0.3) is 0 Å². The number of hydrogen-bond acceptors (Lipinski definition) is 2. The summed E-state index contributed by atoms with van der Waals surface area (Å²) in [6.45, 7) is 14.1. The van der Waals surface area contributed by atoms with Crippen LogP contribution in [0.2, 0.25) is 0 Å². The van der Waals surface area contributed by atoms with E-state index in [1.165, 1.54) is 45.2 Å². The summed E-state index contributed by atoms with van der Waals surface area (Å²) in [5.41, 5.74) is 0. The first-order valence-electron chi connectivity index (χ1n) is 7.99. The molecule has 1 aliphatic rings. The SMILES string of the molecule is CC(C)CCCC(C)N1CCCC(NC(C)C)C1. The van der Waals surface area contributed by atoms with E-state index < -0.39 is 0 Å². The van der Waals surface area contributed by atoms with E-state index >= 15 is 0 Å². The highest BCUT2D eigenvalue weighted by Gasteiger charge is 2.23. The quantitative estimate of drug-likeness (QED) is 0.746. The van der Waals surface area contributed by atoms with Gasteiger partial charge in [-0.25, -0.2) is 0 Å². The molecule has 0 saturated carbocycles. The van der Waals surface area contributed by atoms with Gasteiger partial charge in [0, 0.05) is 24.7 Å². The second-order valence-electron chi connectivity index (χ2n) is 6.83. The maximum Gasteiger partial charge on any atom is 0.0197 e. The van der Waals surface area contributed by atoms with Crippen molar-refractivity contribution in [2.75, 3.05) is 13.1 Å². The minimum absolute atomic E-state index is 0.617. The van der Waals surface area contributed by atoms with E-state index in [9.17, 15) is 0 Å². The Labute approximate surface area is 115 Å². The highest BCUT2D eigenvalue weighted by atomic mass is 15.2. The zero-order chi connectivity index (χ0) is 13.5. The summed E-state index contributed by atoms with van der Waals surface area (Å²) in [7, 11) is 0. The van der Waals surface area contributed by atoms with Crippen LogP contribution in [0, 0.1) is 5.92 Å². The van der Waals surface area contributed by atoms with Crippen LogP contribution in [0.4, 0.5) is 0 Å². The largest absolute Gasteiger partial charge is 0.311 e.